The lowest BCUT2D eigenvalue weighted by Gasteiger charge is -2.24. The Balaban J connectivity index is 1.70. The van der Waals surface area contributed by atoms with Gasteiger partial charge in [-0.25, -0.2) is 0 Å². The van der Waals surface area contributed by atoms with Gasteiger partial charge in [-0.1, -0.05) is 13.0 Å². The molecule has 0 spiro atoms. The summed E-state index contributed by atoms with van der Waals surface area (Å²) in [7, 11) is 0. The van der Waals surface area contributed by atoms with E-state index in [0.29, 0.717) is 12.0 Å². The monoisotopic (exact) mass is 289 g/mol. The number of pyridine rings is 1. The van der Waals surface area contributed by atoms with Gasteiger partial charge in [0.1, 0.15) is 0 Å². The van der Waals surface area contributed by atoms with Crippen LogP contribution in [-0.2, 0) is 6.42 Å². The molecule has 1 aliphatic rings. The van der Waals surface area contributed by atoms with Gasteiger partial charge in [-0.15, -0.1) is 0 Å². The first kappa shape index (κ1) is 15.8. The zero-order valence-corrected chi connectivity index (χ0v) is 13.0. The van der Waals surface area contributed by atoms with Crippen LogP contribution in [0.1, 0.15) is 31.9 Å². The van der Waals surface area contributed by atoms with E-state index in [1.807, 2.05) is 24.4 Å². The topological polar surface area (TPSA) is 66.5 Å². The average Bonchev–Trinajstić information content (AvgIpc) is 3.03. The normalized spacial score (nSPS) is 17.9. The number of aliphatic imine (C=N–C) groups is 1. The predicted molar refractivity (Wildman–Crippen MR) is 87.3 cm³/mol. The van der Waals surface area contributed by atoms with Crippen LogP contribution in [0.2, 0.25) is 0 Å². The first-order chi connectivity index (χ1) is 10.3. The van der Waals surface area contributed by atoms with Crippen LogP contribution < -0.4 is 11.1 Å². The van der Waals surface area contributed by atoms with Crippen molar-refractivity contribution in [3.63, 3.8) is 0 Å². The van der Waals surface area contributed by atoms with E-state index in [1.54, 1.807) is 0 Å². The summed E-state index contributed by atoms with van der Waals surface area (Å²) >= 11 is 0. The van der Waals surface area contributed by atoms with Crippen molar-refractivity contribution in [2.24, 2.45) is 10.7 Å². The number of hydrogen-bond donors (Lipinski definition) is 2. The standard InChI is InChI=1S/C16H27N5/c1-2-15(21-11-5-6-12-21)13-20-16(17)19-10-8-14-7-3-4-9-18-14/h3-4,7,9,15H,2,5-6,8,10-13H2,1H3,(H3,17,19,20). The summed E-state index contributed by atoms with van der Waals surface area (Å²) in [5, 5.41) is 3.17. The SMILES string of the molecule is CCC(CN=C(N)NCCc1ccccn1)N1CCCC1. The van der Waals surface area contributed by atoms with E-state index in [9.17, 15) is 0 Å². The number of nitrogens with zero attached hydrogens (tertiary/aromatic N) is 3. The van der Waals surface area contributed by atoms with Crippen molar-refractivity contribution in [3.05, 3.63) is 30.1 Å². The molecule has 1 atom stereocenters. The van der Waals surface area contributed by atoms with Crippen molar-refractivity contribution in [1.82, 2.24) is 15.2 Å². The maximum atomic E-state index is 5.94. The molecule has 1 aromatic heterocycles. The van der Waals surface area contributed by atoms with Crippen molar-refractivity contribution in [2.45, 2.75) is 38.6 Å². The van der Waals surface area contributed by atoms with E-state index in [4.69, 9.17) is 5.73 Å². The summed E-state index contributed by atoms with van der Waals surface area (Å²) in [5.41, 5.74) is 7.01. The third-order valence-corrected chi connectivity index (χ3v) is 4.01. The molecule has 0 radical (unpaired) electrons. The molecule has 1 fully saturated rings. The molecule has 0 aliphatic carbocycles. The molecule has 0 aromatic carbocycles. The van der Waals surface area contributed by atoms with Crippen LogP contribution in [0.25, 0.3) is 0 Å². The molecule has 2 rings (SSSR count). The first-order valence-electron chi connectivity index (χ1n) is 7.97. The van der Waals surface area contributed by atoms with Gasteiger partial charge >= 0.3 is 0 Å². The maximum absolute atomic E-state index is 5.94. The number of rotatable bonds is 7. The lowest BCUT2D eigenvalue weighted by Crippen LogP contribution is -2.38. The Labute approximate surface area is 127 Å². The second-order valence-electron chi connectivity index (χ2n) is 5.53. The van der Waals surface area contributed by atoms with Crippen LogP contribution >= 0.6 is 0 Å². The second kappa shape index (κ2) is 8.62. The molecule has 1 unspecified atom stereocenters. The lowest BCUT2D eigenvalue weighted by molar-refractivity contribution is 0.242. The van der Waals surface area contributed by atoms with E-state index >= 15 is 0 Å². The van der Waals surface area contributed by atoms with Crippen LogP contribution in [0.15, 0.2) is 29.4 Å². The molecule has 0 saturated carbocycles. The minimum Gasteiger partial charge on any atom is -0.370 e. The van der Waals surface area contributed by atoms with Crippen molar-refractivity contribution < 1.29 is 0 Å². The molecule has 116 valence electrons. The zero-order valence-electron chi connectivity index (χ0n) is 13.0. The Morgan fingerprint density at radius 3 is 2.90 bits per heavy atom. The minimum absolute atomic E-state index is 0.531. The smallest absolute Gasteiger partial charge is 0.188 e. The van der Waals surface area contributed by atoms with E-state index in [2.05, 4.69) is 27.1 Å². The van der Waals surface area contributed by atoms with Gasteiger partial charge in [0, 0.05) is 30.9 Å². The zero-order chi connectivity index (χ0) is 14.9. The molecule has 1 aromatic rings. The Bertz CT molecular complexity index is 426. The van der Waals surface area contributed by atoms with Gasteiger partial charge in [0.25, 0.3) is 0 Å². The highest BCUT2D eigenvalue weighted by Gasteiger charge is 2.19. The summed E-state index contributed by atoms with van der Waals surface area (Å²) in [4.78, 5) is 11.3. The van der Waals surface area contributed by atoms with Crippen LogP contribution in [0.5, 0.6) is 0 Å². The third kappa shape index (κ3) is 5.34. The second-order valence-corrected chi connectivity index (χ2v) is 5.53. The molecule has 5 heteroatoms. The molecule has 0 amide bonds. The summed E-state index contributed by atoms with van der Waals surface area (Å²) in [6, 6.07) is 6.48. The molecule has 0 bridgehead atoms. The van der Waals surface area contributed by atoms with E-state index in [1.165, 1.54) is 25.9 Å². The van der Waals surface area contributed by atoms with E-state index in [0.717, 1.165) is 31.6 Å². The number of likely N-dealkylation sites (tertiary alicyclic amines) is 1. The van der Waals surface area contributed by atoms with Crippen molar-refractivity contribution in [1.29, 1.82) is 0 Å². The fourth-order valence-corrected chi connectivity index (χ4v) is 2.73. The first-order valence-corrected chi connectivity index (χ1v) is 7.97. The Kier molecular flexibility index (Phi) is 6.47. The molecule has 2 heterocycles. The molecule has 1 saturated heterocycles. The number of nitrogens with one attached hydrogen (secondary N) is 1. The van der Waals surface area contributed by atoms with E-state index in [-0.39, 0.29) is 0 Å². The third-order valence-electron chi connectivity index (χ3n) is 4.01. The molecular weight excluding hydrogens is 262 g/mol. The summed E-state index contributed by atoms with van der Waals surface area (Å²) in [6.07, 6.45) is 6.44. The number of hydrogen-bond acceptors (Lipinski definition) is 3. The van der Waals surface area contributed by atoms with Gasteiger partial charge in [-0.05, 0) is 44.5 Å². The summed E-state index contributed by atoms with van der Waals surface area (Å²) in [6.45, 7) is 6.21. The number of guanidine groups is 1. The fourth-order valence-electron chi connectivity index (χ4n) is 2.73. The fraction of sp³-hybridized carbons (Fsp3) is 0.625. The highest BCUT2D eigenvalue weighted by atomic mass is 15.2. The maximum Gasteiger partial charge on any atom is 0.188 e. The molecular formula is C16H27N5. The Morgan fingerprint density at radius 2 is 2.24 bits per heavy atom. The van der Waals surface area contributed by atoms with Gasteiger partial charge in [0.2, 0.25) is 0 Å². The van der Waals surface area contributed by atoms with Crippen molar-refractivity contribution >= 4 is 5.96 Å². The summed E-state index contributed by atoms with van der Waals surface area (Å²) < 4.78 is 0. The van der Waals surface area contributed by atoms with Gasteiger partial charge in [0.15, 0.2) is 5.96 Å². The van der Waals surface area contributed by atoms with Gasteiger partial charge in [-0.3, -0.25) is 14.9 Å². The highest BCUT2D eigenvalue weighted by Crippen LogP contribution is 2.14. The minimum atomic E-state index is 0.531. The van der Waals surface area contributed by atoms with Crippen molar-refractivity contribution in [2.75, 3.05) is 26.2 Å². The Morgan fingerprint density at radius 1 is 1.43 bits per heavy atom. The molecule has 21 heavy (non-hydrogen) atoms. The highest BCUT2D eigenvalue weighted by molar-refractivity contribution is 5.77. The van der Waals surface area contributed by atoms with Crippen molar-refractivity contribution in [3.8, 4) is 0 Å². The molecule has 5 nitrogen and oxygen atoms in total. The molecule has 1 aliphatic heterocycles. The molecule has 3 N–H and O–H groups in total. The lowest BCUT2D eigenvalue weighted by atomic mass is 10.2. The van der Waals surface area contributed by atoms with Gasteiger partial charge in [-0.2, -0.15) is 0 Å². The number of aromatic nitrogens is 1. The predicted octanol–water partition coefficient (Wildman–Crippen LogP) is 1.40. The number of nitrogens with two attached hydrogens (primary N) is 1. The van der Waals surface area contributed by atoms with Gasteiger partial charge < -0.3 is 11.1 Å². The quantitative estimate of drug-likeness (QED) is 0.588. The van der Waals surface area contributed by atoms with E-state index < -0.39 is 0 Å². The Hall–Kier alpha value is -1.62. The van der Waals surface area contributed by atoms with Crippen LogP contribution in [0.3, 0.4) is 0 Å². The summed E-state index contributed by atoms with van der Waals surface area (Å²) in [5.74, 6) is 0.545. The average molecular weight is 289 g/mol. The van der Waals surface area contributed by atoms with Gasteiger partial charge in [0.05, 0.1) is 6.54 Å². The van der Waals surface area contributed by atoms with Crippen LogP contribution in [0, 0.1) is 0 Å². The van der Waals surface area contributed by atoms with Crippen LogP contribution in [0.4, 0.5) is 0 Å². The largest absolute Gasteiger partial charge is 0.370 e. The van der Waals surface area contributed by atoms with Crippen LogP contribution in [-0.4, -0.2) is 48.1 Å².